The number of hydrogen-bond acceptors (Lipinski definition) is 2. The highest BCUT2D eigenvalue weighted by Crippen LogP contribution is 2.50. The zero-order chi connectivity index (χ0) is 31.5. The molecule has 0 aliphatic heterocycles. The third-order valence-corrected chi connectivity index (χ3v) is 9.88. The zero-order valence-electron chi connectivity index (χ0n) is 26.4. The summed E-state index contributed by atoms with van der Waals surface area (Å²) in [4.78, 5) is 10.3. The maximum absolute atomic E-state index is 5.18. The van der Waals surface area contributed by atoms with Crippen LogP contribution in [-0.4, -0.2) is 9.97 Å². The van der Waals surface area contributed by atoms with Crippen molar-refractivity contribution in [3.63, 3.8) is 0 Å². The Morgan fingerprint density at radius 1 is 0.383 bits per heavy atom. The van der Waals surface area contributed by atoms with Gasteiger partial charge in [0.25, 0.3) is 0 Å². The molecule has 2 heteroatoms. The van der Waals surface area contributed by atoms with Crippen molar-refractivity contribution in [1.29, 1.82) is 0 Å². The summed E-state index contributed by atoms with van der Waals surface area (Å²) in [6, 6.07) is 56.5. The lowest BCUT2D eigenvalue weighted by Crippen LogP contribution is -2.14. The summed E-state index contributed by atoms with van der Waals surface area (Å²) in [7, 11) is 0. The molecule has 2 nitrogen and oxygen atoms in total. The SMILES string of the molecule is CC1(C)c2ccccc2-c2cc3c(ccc4ccc(-c5cc(-c6ccccc6)nc(-c6ccc(-c7ccccc7)cc6)n5)cc43)cc21. The van der Waals surface area contributed by atoms with E-state index in [1.807, 2.05) is 12.1 Å². The van der Waals surface area contributed by atoms with Gasteiger partial charge >= 0.3 is 0 Å². The molecule has 1 heterocycles. The standard InChI is InChI=1S/C45H32N2/c1-45(2)40-16-10-9-15-36(40)39-27-38-34(26-41(39)45)23-19-31-20-24-35(25-37(31)38)43-28-42(32-13-7-4-8-14-32)46-44(47-43)33-21-17-30(18-22-33)29-11-5-3-6-12-29/h3-28H,1-2H3. The maximum Gasteiger partial charge on any atom is 0.160 e. The molecular formula is C45H32N2. The van der Waals surface area contributed by atoms with E-state index in [0.717, 1.165) is 33.9 Å². The Labute approximate surface area is 275 Å². The second-order valence-electron chi connectivity index (χ2n) is 13.1. The predicted octanol–water partition coefficient (Wildman–Crippen LogP) is 11.8. The molecule has 0 N–H and O–H groups in total. The molecule has 0 saturated heterocycles. The van der Waals surface area contributed by atoms with Crippen molar-refractivity contribution in [3.05, 3.63) is 169 Å². The minimum atomic E-state index is -0.0264. The predicted molar refractivity (Wildman–Crippen MR) is 196 cm³/mol. The van der Waals surface area contributed by atoms with Gasteiger partial charge in [-0.2, -0.15) is 0 Å². The van der Waals surface area contributed by atoms with Crippen LogP contribution in [-0.2, 0) is 5.41 Å². The number of fused-ring (bicyclic) bond motifs is 6. The Morgan fingerprint density at radius 2 is 0.936 bits per heavy atom. The van der Waals surface area contributed by atoms with Crippen LogP contribution in [0, 0.1) is 0 Å². The van der Waals surface area contributed by atoms with Gasteiger partial charge in [-0.3, -0.25) is 0 Å². The molecule has 1 aromatic heterocycles. The lowest BCUT2D eigenvalue weighted by atomic mass is 9.81. The van der Waals surface area contributed by atoms with Crippen LogP contribution in [0.2, 0.25) is 0 Å². The molecule has 7 aromatic carbocycles. The van der Waals surface area contributed by atoms with Crippen LogP contribution < -0.4 is 0 Å². The van der Waals surface area contributed by atoms with Crippen molar-refractivity contribution in [2.75, 3.05) is 0 Å². The van der Waals surface area contributed by atoms with Crippen LogP contribution >= 0.6 is 0 Å². The maximum atomic E-state index is 5.18. The molecule has 0 fully saturated rings. The van der Waals surface area contributed by atoms with E-state index in [4.69, 9.17) is 9.97 Å². The van der Waals surface area contributed by atoms with Crippen LogP contribution in [0.5, 0.6) is 0 Å². The van der Waals surface area contributed by atoms with Crippen LogP contribution in [0.3, 0.4) is 0 Å². The molecule has 0 saturated carbocycles. The van der Waals surface area contributed by atoms with E-state index in [1.165, 1.54) is 54.9 Å². The van der Waals surface area contributed by atoms with E-state index >= 15 is 0 Å². The Morgan fingerprint density at radius 3 is 1.70 bits per heavy atom. The average Bonchev–Trinajstić information content (AvgIpc) is 3.36. The third kappa shape index (κ3) is 4.56. The van der Waals surface area contributed by atoms with Gasteiger partial charge in [0, 0.05) is 22.1 Å². The van der Waals surface area contributed by atoms with E-state index in [2.05, 4.69) is 159 Å². The molecule has 0 radical (unpaired) electrons. The molecule has 1 aliphatic carbocycles. The highest BCUT2D eigenvalue weighted by molar-refractivity contribution is 6.11. The number of rotatable bonds is 4. The Bertz CT molecular complexity index is 2460. The molecule has 0 unspecified atom stereocenters. The third-order valence-electron chi connectivity index (χ3n) is 9.88. The number of aromatic nitrogens is 2. The first-order valence-electron chi connectivity index (χ1n) is 16.2. The fourth-order valence-electron chi connectivity index (χ4n) is 7.33. The van der Waals surface area contributed by atoms with Crippen LogP contribution in [0.25, 0.3) is 77.7 Å². The van der Waals surface area contributed by atoms with E-state index in [9.17, 15) is 0 Å². The topological polar surface area (TPSA) is 25.8 Å². The summed E-state index contributed by atoms with van der Waals surface area (Å²) >= 11 is 0. The van der Waals surface area contributed by atoms with Gasteiger partial charge in [-0.25, -0.2) is 9.97 Å². The highest BCUT2D eigenvalue weighted by Gasteiger charge is 2.35. The van der Waals surface area contributed by atoms with Crippen LogP contribution in [0.4, 0.5) is 0 Å². The van der Waals surface area contributed by atoms with Crippen LogP contribution in [0.1, 0.15) is 25.0 Å². The lowest BCUT2D eigenvalue weighted by Gasteiger charge is -2.21. The van der Waals surface area contributed by atoms with Crippen molar-refractivity contribution < 1.29 is 0 Å². The van der Waals surface area contributed by atoms with Crippen molar-refractivity contribution in [2.24, 2.45) is 0 Å². The summed E-state index contributed by atoms with van der Waals surface area (Å²) < 4.78 is 0. The minimum Gasteiger partial charge on any atom is -0.228 e. The summed E-state index contributed by atoms with van der Waals surface area (Å²) in [5, 5.41) is 4.99. The largest absolute Gasteiger partial charge is 0.228 e. The van der Waals surface area contributed by atoms with E-state index in [0.29, 0.717) is 0 Å². The second-order valence-corrected chi connectivity index (χ2v) is 13.1. The van der Waals surface area contributed by atoms with Gasteiger partial charge in [-0.05, 0) is 79.2 Å². The summed E-state index contributed by atoms with van der Waals surface area (Å²) in [5.41, 5.74) is 12.8. The fourth-order valence-corrected chi connectivity index (χ4v) is 7.33. The van der Waals surface area contributed by atoms with Gasteiger partial charge in [0.05, 0.1) is 11.4 Å². The normalized spacial score (nSPS) is 13.1. The smallest absolute Gasteiger partial charge is 0.160 e. The Hall–Kier alpha value is -5.86. The molecule has 0 atom stereocenters. The zero-order valence-corrected chi connectivity index (χ0v) is 26.4. The first-order chi connectivity index (χ1) is 23.0. The van der Waals surface area contributed by atoms with Gasteiger partial charge in [0.2, 0.25) is 0 Å². The molecule has 222 valence electrons. The molecule has 9 rings (SSSR count). The van der Waals surface area contributed by atoms with E-state index < -0.39 is 0 Å². The quantitative estimate of drug-likeness (QED) is 0.188. The summed E-state index contributed by atoms with van der Waals surface area (Å²) in [6.45, 7) is 4.68. The van der Waals surface area contributed by atoms with Gasteiger partial charge in [-0.15, -0.1) is 0 Å². The molecule has 8 aromatic rings. The molecule has 0 spiro atoms. The van der Waals surface area contributed by atoms with E-state index in [1.54, 1.807) is 0 Å². The van der Waals surface area contributed by atoms with Crippen molar-refractivity contribution in [2.45, 2.75) is 19.3 Å². The molecule has 1 aliphatic rings. The lowest BCUT2D eigenvalue weighted by molar-refractivity contribution is 0.661. The first-order valence-corrected chi connectivity index (χ1v) is 16.2. The molecular weight excluding hydrogens is 569 g/mol. The van der Waals surface area contributed by atoms with Crippen molar-refractivity contribution >= 4 is 21.5 Å². The van der Waals surface area contributed by atoms with Crippen molar-refractivity contribution in [3.8, 4) is 56.2 Å². The van der Waals surface area contributed by atoms with Crippen molar-refractivity contribution in [1.82, 2.24) is 9.97 Å². The van der Waals surface area contributed by atoms with Gasteiger partial charge in [0.15, 0.2) is 5.82 Å². The van der Waals surface area contributed by atoms with Gasteiger partial charge in [-0.1, -0.05) is 147 Å². The number of hydrogen-bond donors (Lipinski definition) is 0. The van der Waals surface area contributed by atoms with Gasteiger partial charge in [0.1, 0.15) is 0 Å². The van der Waals surface area contributed by atoms with E-state index in [-0.39, 0.29) is 5.41 Å². The van der Waals surface area contributed by atoms with Crippen LogP contribution in [0.15, 0.2) is 158 Å². The number of benzene rings is 7. The molecule has 47 heavy (non-hydrogen) atoms. The Kier molecular flexibility index (Phi) is 6.20. The minimum absolute atomic E-state index is 0.0264. The molecule has 0 amide bonds. The first kappa shape index (κ1) is 27.5. The Balaban J connectivity index is 1.21. The summed E-state index contributed by atoms with van der Waals surface area (Å²) in [6.07, 6.45) is 0. The van der Waals surface area contributed by atoms with Gasteiger partial charge < -0.3 is 0 Å². The fraction of sp³-hybridized carbons (Fsp3) is 0.0667. The second kappa shape index (κ2) is 10.6. The molecule has 0 bridgehead atoms. The highest BCUT2D eigenvalue weighted by atomic mass is 14.9. The average molecular weight is 601 g/mol. The summed E-state index contributed by atoms with van der Waals surface area (Å²) in [5.74, 6) is 0.718. The monoisotopic (exact) mass is 600 g/mol. The number of nitrogens with zero attached hydrogens (tertiary/aromatic N) is 2.